The quantitative estimate of drug-likeness (QED) is 0.386. The van der Waals surface area contributed by atoms with Crippen molar-refractivity contribution in [2.45, 2.75) is 38.3 Å². The Hall–Kier alpha value is -2.80. The third-order valence-electron chi connectivity index (χ3n) is 4.25. The molecule has 0 spiro atoms. The first kappa shape index (κ1) is 20.9. The number of para-hydroxylation sites is 1. The number of aromatic nitrogens is 3. The second-order valence-corrected chi connectivity index (χ2v) is 7.43. The molecule has 0 aliphatic heterocycles. The van der Waals surface area contributed by atoms with E-state index in [-0.39, 0.29) is 11.7 Å². The van der Waals surface area contributed by atoms with E-state index in [1.54, 1.807) is 0 Å². The number of hydrogen-bond donors (Lipinski definition) is 1. The molecule has 7 heteroatoms. The number of benzene rings is 2. The number of unbranched alkanes of at least 4 members (excludes halogenated alkanes) is 1. The van der Waals surface area contributed by atoms with Crippen LogP contribution in [0.25, 0.3) is 5.69 Å². The van der Waals surface area contributed by atoms with Gasteiger partial charge in [-0.05, 0) is 30.7 Å². The molecule has 1 N–H and O–H groups in total. The van der Waals surface area contributed by atoms with Crippen molar-refractivity contribution in [1.29, 1.82) is 0 Å². The van der Waals surface area contributed by atoms with Crippen LogP contribution in [0, 0.1) is 0 Å². The summed E-state index contributed by atoms with van der Waals surface area (Å²) in [6.07, 6.45) is 2.86. The summed E-state index contributed by atoms with van der Waals surface area (Å²) in [4.78, 5) is 12.5. The summed E-state index contributed by atoms with van der Waals surface area (Å²) < 4.78 is 7.70. The van der Waals surface area contributed by atoms with E-state index in [9.17, 15) is 4.79 Å². The van der Waals surface area contributed by atoms with E-state index in [1.807, 2.05) is 66.1 Å². The maximum atomic E-state index is 12.5. The van der Waals surface area contributed by atoms with Crippen molar-refractivity contribution in [2.75, 3.05) is 17.7 Å². The van der Waals surface area contributed by atoms with Gasteiger partial charge in [0.05, 0.1) is 12.4 Å². The minimum atomic E-state index is -0.0960. The Morgan fingerprint density at radius 3 is 2.69 bits per heavy atom. The van der Waals surface area contributed by atoms with Gasteiger partial charge in [-0.25, -0.2) is 0 Å². The van der Waals surface area contributed by atoms with Crippen molar-refractivity contribution in [3.8, 4) is 11.4 Å². The molecule has 1 heterocycles. The van der Waals surface area contributed by atoms with Gasteiger partial charge in [0.15, 0.2) is 5.16 Å². The van der Waals surface area contributed by atoms with Crippen molar-refractivity contribution in [3.05, 3.63) is 60.4 Å². The van der Waals surface area contributed by atoms with E-state index >= 15 is 0 Å². The van der Waals surface area contributed by atoms with E-state index in [2.05, 4.69) is 22.4 Å². The van der Waals surface area contributed by atoms with Crippen LogP contribution in [0.5, 0.6) is 5.75 Å². The monoisotopic (exact) mass is 410 g/mol. The summed E-state index contributed by atoms with van der Waals surface area (Å²) in [5.74, 6) is 1.79. The van der Waals surface area contributed by atoms with Gasteiger partial charge < -0.3 is 10.1 Å². The van der Waals surface area contributed by atoms with Gasteiger partial charge in [0.2, 0.25) is 5.91 Å². The van der Waals surface area contributed by atoms with E-state index in [4.69, 9.17) is 4.74 Å². The van der Waals surface area contributed by atoms with Crippen molar-refractivity contribution >= 4 is 23.4 Å². The molecule has 152 valence electrons. The number of ether oxygens (including phenoxy) is 1. The fourth-order valence-electron chi connectivity index (χ4n) is 2.78. The Morgan fingerprint density at radius 1 is 1.10 bits per heavy atom. The Bertz CT molecular complexity index is 928. The largest absolute Gasteiger partial charge is 0.494 e. The molecular weight excluding hydrogens is 384 g/mol. The first-order chi connectivity index (χ1) is 14.2. The van der Waals surface area contributed by atoms with Crippen molar-refractivity contribution in [2.24, 2.45) is 0 Å². The Balaban J connectivity index is 1.62. The molecule has 0 radical (unpaired) electrons. The van der Waals surface area contributed by atoms with Crippen LogP contribution in [0.3, 0.4) is 0 Å². The molecule has 0 aliphatic carbocycles. The molecule has 1 amide bonds. The van der Waals surface area contributed by atoms with Crippen molar-refractivity contribution in [3.63, 3.8) is 0 Å². The summed E-state index contributed by atoms with van der Waals surface area (Å²) >= 11 is 1.37. The molecule has 0 saturated carbocycles. The molecule has 2 aromatic carbocycles. The van der Waals surface area contributed by atoms with Crippen LogP contribution < -0.4 is 10.1 Å². The van der Waals surface area contributed by atoms with Crippen LogP contribution in [0.1, 0.15) is 32.5 Å². The number of thioether (sulfide) groups is 1. The fourth-order valence-corrected chi connectivity index (χ4v) is 3.56. The highest BCUT2D eigenvalue weighted by Gasteiger charge is 2.14. The summed E-state index contributed by atoms with van der Waals surface area (Å²) in [7, 11) is 0. The van der Waals surface area contributed by atoms with Crippen LogP contribution in [-0.4, -0.2) is 33.0 Å². The molecule has 3 aromatic rings. The summed E-state index contributed by atoms with van der Waals surface area (Å²) in [5.41, 5.74) is 1.72. The highest BCUT2D eigenvalue weighted by atomic mass is 32.2. The molecule has 0 fully saturated rings. The third kappa shape index (κ3) is 5.84. The lowest BCUT2D eigenvalue weighted by molar-refractivity contribution is -0.113. The first-order valence-electron chi connectivity index (χ1n) is 9.86. The molecular formula is C22H26N4O2S. The minimum Gasteiger partial charge on any atom is -0.494 e. The number of rotatable bonds is 10. The minimum absolute atomic E-state index is 0.0960. The number of anilines is 1. The summed E-state index contributed by atoms with van der Waals surface area (Å²) in [6.45, 7) is 4.85. The van der Waals surface area contributed by atoms with Crippen LogP contribution in [-0.2, 0) is 11.2 Å². The number of nitrogens with zero attached hydrogens (tertiary/aromatic N) is 3. The van der Waals surface area contributed by atoms with Gasteiger partial charge in [0, 0.05) is 23.9 Å². The Morgan fingerprint density at radius 2 is 1.93 bits per heavy atom. The number of amides is 1. The van der Waals surface area contributed by atoms with Gasteiger partial charge in [0.1, 0.15) is 11.6 Å². The maximum absolute atomic E-state index is 12.5. The van der Waals surface area contributed by atoms with Gasteiger partial charge in [-0.1, -0.05) is 56.3 Å². The van der Waals surface area contributed by atoms with Crippen LogP contribution in [0.15, 0.2) is 59.8 Å². The lowest BCUT2D eigenvalue weighted by atomic mass is 10.3. The lowest BCUT2D eigenvalue weighted by Gasteiger charge is -2.10. The van der Waals surface area contributed by atoms with Crippen LogP contribution >= 0.6 is 11.8 Å². The highest BCUT2D eigenvalue weighted by Crippen LogP contribution is 2.23. The first-order valence-corrected chi connectivity index (χ1v) is 10.8. The number of nitrogens with one attached hydrogen (secondary N) is 1. The van der Waals surface area contributed by atoms with E-state index in [0.29, 0.717) is 11.8 Å². The average Bonchev–Trinajstić information content (AvgIpc) is 3.16. The molecule has 0 unspecified atom stereocenters. The number of carbonyl (C=O) groups is 1. The predicted octanol–water partition coefficient (Wildman–Crippen LogP) is 4.74. The molecule has 0 saturated heterocycles. The Labute approximate surface area is 175 Å². The van der Waals surface area contributed by atoms with Crippen LogP contribution in [0.4, 0.5) is 5.69 Å². The number of hydrogen-bond acceptors (Lipinski definition) is 5. The van der Waals surface area contributed by atoms with Gasteiger partial charge in [-0.15, -0.1) is 10.2 Å². The Kier molecular flexibility index (Phi) is 7.69. The van der Waals surface area contributed by atoms with Gasteiger partial charge in [-0.3, -0.25) is 9.36 Å². The zero-order chi connectivity index (χ0) is 20.5. The second-order valence-electron chi connectivity index (χ2n) is 6.49. The normalized spacial score (nSPS) is 10.7. The fraction of sp³-hybridized carbons (Fsp3) is 0.318. The molecule has 6 nitrogen and oxygen atoms in total. The standard InChI is InChI=1S/C22H26N4O2S/c1-3-5-14-28-19-13-9-10-17(15-19)23-21(27)16-29-22-25-24-20(4-2)26(22)18-11-7-6-8-12-18/h6-13,15H,3-5,14,16H2,1-2H3,(H,23,27). The SMILES string of the molecule is CCCCOc1cccc(NC(=O)CSc2nnc(CC)n2-c2ccccc2)c1. The van der Waals surface area contributed by atoms with Crippen molar-refractivity contribution < 1.29 is 9.53 Å². The number of aryl methyl sites for hydroxylation is 1. The topological polar surface area (TPSA) is 69.0 Å². The van der Waals surface area contributed by atoms with Gasteiger partial charge in [0.25, 0.3) is 0 Å². The molecule has 0 aliphatic rings. The molecule has 29 heavy (non-hydrogen) atoms. The van der Waals surface area contributed by atoms with E-state index in [0.717, 1.165) is 42.2 Å². The highest BCUT2D eigenvalue weighted by molar-refractivity contribution is 7.99. The van der Waals surface area contributed by atoms with E-state index in [1.165, 1.54) is 11.8 Å². The lowest BCUT2D eigenvalue weighted by Crippen LogP contribution is -2.14. The zero-order valence-electron chi connectivity index (χ0n) is 16.8. The van der Waals surface area contributed by atoms with Crippen LogP contribution in [0.2, 0.25) is 0 Å². The van der Waals surface area contributed by atoms with Gasteiger partial charge in [-0.2, -0.15) is 0 Å². The predicted molar refractivity (Wildman–Crippen MR) is 117 cm³/mol. The summed E-state index contributed by atoms with van der Waals surface area (Å²) in [5, 5.41) is 12.2. The second kappa shape index (κ2) is 10.7. The third-order valence-corrected chi connectivity index (χ3v) is 5.18. The molecule has 0 bridgehead atoms. The zero-order valence-corrected chi connectivity index (χ0v) is 17.6. The van der Waals surface area contributed by atoms with Crippen molar-refractivity contribution in [1.82, 2.24) is 14.8 Å². The maximum Gasteiger partial charge on any atom is 0.234 e. The average molecular weight is 411 g/mol. The van der Waals surface area contributed by atoms with E-state index < -0.39 is 0 Å². The smallest absolute Gasteiger partial charge is 0.234 e. The summed E-state index contributed by atoms with van der Waals surface area (Å²) in [6, 6.07) is 17.4. The molecule has 1 aromatic heterocycles. The van der Waals surface area contributed by atoms with Gasteiger partial charge >= 0.3 is 0 Å². The number of carbonyl (C=O) groups excluding carboxylic acids is 1. The molecule has 0 atom stereocenters. The molecule has 3 rings (SSSR count).